The van der Waals surface area contributed by atoms with Crippen molar-refractivity contribution in [2.75, 3.05) is 46.2 Å². The maximum Gasteiger partial charge on any atom is 0.187 e. The van der Waals surface area contributed by atoms with Crippen LogP contribution in [0, 0.1) is 6.92 Å². The highest BCUT2D eigenvalue weighted by Gasteiger charge is 2.60. The molecule has 20 N–H and O–H groups in total. The van der Waals surface area contributed by atoms with Crippen molar-refractivity contribution in [3.05, 3.63) is 41.7 Å². The van der Waals surface area contributed by atoms with E-state index in [0.717, 1.165) is 5.56 Å². The molecule has 38 heteroatoms. The number of aliphatic hydroxyl groups is 20. The van der Waals surface area contributed by atoms with Gasteiger partial charge in [-0.3, -0.25) is 0 Å². The summed E-state index contributed by atoms with van der Waals surface area (Å²) in [5, 5.41) is 233. The van der Waals surface area contributed by atoms with Gasteiger partial charge in [0.25, 0.3) is 0 Å². The number of ether oxygens (including phenoxy) is 15. The quantitative estimate of drug-likeness (QED) is 0.0938. The van der Waals surface area contributed by atoms with Crippen LogP contribution in [0.15, 0.2) is 30.5 Å². The van der Waals surface area contributed by atoms with Gasteiger partial charge in [0.2, 0.25) is 0 Å². The molecule has 21 aliphatic rings. The minimum Gasteiger partial charge on any atom is -0.493 e. The Balaban J connectivity index is 0.939. The molecule has 21 fully saturated rings. The Morgan fingerprint density at radius 2 is 0.582 bits per heavy atom. The number of aryl methyl sites for hydroxylation is 1. The van der Waals surface area contributed by atoms with Gasteiger partial charge < -0.3 is 173 Å². The topological polar surface area (TPSA) is 574 Å². The molecule has 38 nitrogen and oxygen atoms in total. The lowest BCUT2D eigenvalue weighted by molar-refractivity contribution is -0.396. The van der Waals surface area contributed by atoms with Crippen LogP contribution in [0.2, 0.25) is 0 Å². The molecular weight excluding hydrogens is 1240 g/mol. The average Bonchev–Trinajstić information content (AvgIpc) is 1.52. The van der Waals surface area contributed by atoms with Gasteiger partial charge in [-0.2, -0.15) is 0 Å². The van der Waals surface area contributed by atoms with E-state index >= 15 is 0 Å². The average molecular weight is 1320 g/mol. The van der Waals surface area contributed by atoms with E-state index in [2.05, 4.69) is 10.3 Å². The highest BCUT2D eigenvalue weighted by atomic mass is 16.8. The van der Waals surface area contributed by atoms with E-state index in [1.54, 1.807) is 12.1 Å². The van der Waals surface area contributed by atoms with Crippen LogP contribution < -0.4 is 4.74 Å². The van der Waals surface area contributed by atoms with Gasteiger partial charge in [0.1, 0.15) is 177 Å². The Hall–Kier alpha value is -3.20. The Morgan fingerprint density at radius 1 is 0.341 bits per heavy atom. The summed E-state index contributed by atoms with van der Waals surface area (Å²) < 4.78 is 88.8. The second-order valence-electron chi connectivity index (χ2n) is 23.3. The van der Waals surface area contributed by atoms with Crippen molar-refractivity contribution in [1.82, 2.24) is 15.0 Å². The molecule has 0 amide bonds. The zero-order valence-corrected chi connectivity index (χ0v) is 48.4. The van der Waals surface area contributed by atoms with Crippen molar-refractivity contribution in [3.8, 4) is 5.75 Å². The fourth-order valence-electron chi connectivity index (χ4n) is 12.1. The van der Waals surface area contributed by atoms with Crippen molar-refractivity contribution < 1.29 is 173 Å². The van der Waals surface area contributed by atoms with E-state index in [1.807, 2.05) is 19.1 Å². The van der Waals surface area contributed by atoms with Crippen LogP contribution in [0.3, 0.4) is 0 Å². The number of benzene rings is 1. The van der Waals surface area contributed by atoms with Gasteiger partial charge in [0, 0.05) is 12.6 Å². The Kier molecular flexibility index (Phi) is 23.6. The van der Waals surface area contributed by atoms with Crippen molar-refractivity contribution in [2.45, 2.75) is 235 Å². The molecule has 0 aliphatic carbocycles. The maximum absolute atomic E-state index is 12.0. The Labute approximate surface area is 515 Å². The van der Waals surface area contributed by atoms with Crippen LogP contribution in [-0.2, 0) is 79.3 Å². The van der Waals surface area contributed by atoms with E-state index < -0.39 is 261 Å². The molecule has 0 spiro atoms. The van der Waals surface area contributed by atoms with Crippen molar-refractivity contribution in [3.63, 3.8) is 0 Å². The first-order valence-corrected chi connectivity index (χ1v) is 29.5. The lowest BCUT2D eigenvalue weighted by Crippen LogP contribution is -2.68. The molecule has 0 unspecified atom stereocenters. The summed E-state index contributed by atoms with van der Waals surface area (Å²) in [4.78, 5) is 0. The van der Waals surface area contributed by atoms with Gasteiger partial charge in [-0.05, 0) is 19.1 Å². The molecule has 91 heavy (non-hydrogen) atoms. The zero-order valence-electron chi connectivity index (χ0n) is 48.4. The third-order valence-corrected chi connectivity index (χ3v) is 17.2. The molecule has 1 aromatic heterocycles. The van der Waals surface area contributed by atoms with Crippen LogP contribution in [-0.4, -0.2) is 378 Å². The number of hydrogen-bond donors (Lipinski definition) is 20. The van der Waals surface area contributed by atoms with Crippen LogP contribution >= 0.6 is 0 Å². The van der Waals surface area contributed by atoms with E-state index in [9.17, 15) is 102 Å². The summed E-state index contributed by atoms with van der Waals surface area (Å²) in [5.74, 6) is 0.579. The van der Waals surface area contributed by atoms with Gasteiger partial charge in [-0.15, -0.1) is 5.10 Å². The van der Waals surface area contributed by atoms with Crippen LogP contribution in [0.1, 0.15) is 11.3 Å². The second-order valence-corrected chi connectivity index (χ2v) is 23.3. The number of rotatable bonds is 12. The molecule has 14 bridgehead atoms. The highest BCUT2D eigenvalue weighted by Crippen LogP contribution is 2.39. The fourth-order valence-corrected chi connectivity index (χ4v) is 12.1. The van der Waals surface area contributed by atoms with Crippen molar-refractivity contribution >= 4 is 0 Å². The van der Waals surface area contributed by atoms with Crippen molar-refractivity contribution in [2.24, 2.45) is 0 Å². The SMILES string of the molecule is Cc1ccc(OCCc2cn(C[C@H]3O[C@@H]4O[C@H]5[C@H](O)[C@@H](O)[C@@H](O[C@H]6[C@H](O)[C@@H](O)[C@@H](O[C@H]7[C@H](O)[C@@H](O)[C@@H](O[C@H]8[C@H](O)[C@@H](O)[C@@H](O[C@H]9[C@H](O)[C@@H](O)[C@@H](O[C@H]%10[C@H](O)[C@@H](O)[C@@H](O[C@H]3[C@H](O)[C@H]4O)O[C@@H]%10CO)O[C@@H]9CO)O[C@@H]8CO)O[C@@H]7CO)O[C@@H]6CO)O[C@@H]5CO)nn2)cc1. The molecule has 518 valence electrons. The van der Waals surface area contributed by atoms with Crippen LogP contribution in [0.5, 0.6) is 5.75 Å². The summed E-state index contributed by atoms with van der Waals surface area (Å²) in [5.41, 5.74) is 1.40. The molecule has 0 saturated carbocycles. The molecule has 21 aliphatic heterocycles. The molecule has 23 rings (SSSR count). The Bertz CT molecular complexity index is 2560. The summed E-state index contributed by atoms with van der Waals surface area (Å²) in [7, 11) is 0. The zero-order chi connectivity index (χ0) is 65.4. The molecular formula is C53H81N3O35. The molecule has 1 aromatic carbocycles. The number of nitrogens with zero attached hydrogens (tertiary/aromatic N) is 3. The molecule has 21 saturated heterocycles. The van der Waals surface area contributed by atoms with Gasteiger partial charge in [-0.25, -0.2) is 4.68 Å². The van der Waals surface area contributed by atoms with Gasteiger partial charge in [-0.1, -0.05) is 22.9 Å². The maximum atomic E-state index is 12.0. The summed E-state index contributed by atoms with van der Waals surface area (Å²) in [6.45, 7) is -4.70. The largest absolute Gasteiger partial charge is 0.493 e. The van der Waals surface area contributed by atoms with E-state index in [1.165, 1.54) is 10.9 Å². The van der Waals surface area contributed by atoms with Crippen LogP contribution in [0.25, 0.3) is 0 Å². The lowest BCUT2D eigenvalue weighted by Gasteiger charge is -2.50. The number of aliphatic hydroxyl groups excluding tert-OH is 20. The molecule has 0 radical (unpaired) electrons. The van der Waals surface area contributed by atoms with E-state index in [-0.39, 0.29) is 13.0 Å². The monoisotopic (exact) mass is 1320 g/mol. The first-order chi connectivity index (χ1) is 43.5. The second kappa shape index (κ2) is 30.5. The summed E-state index contributed by atoms with van der Waals surface area (Å²) in [6, 6.07) is 7.27. The molecule has 22 heterocycles. The summed E-state index contributed by atoms with van der Waals surface area (Å²) >= 11 is 0. The number of hydrogen-bond acceptors (Lipinski definition) is 37. The lowest BCUT2D eigenvalue weighted by atomic mass is 9.95. The normalized spacial score (nSPS) is 48.6. The molecule has 35 atom stereocenters. The van der Waals surface area contributed by atoms with Gasteiger partial charge >= 0.3 is 0 Å². The third-order valence-electron chi connectivity index (χ3n) is 17.2. The van der Waals surface area contributed by atoms with E-state index in [0.29, 0.717) is 11.4 Å². The predicted molar refractivity (Wildman–Crippen MR) is 282 cm³/mol. The Morgan fingerprint density at radius 3 is 0.835 bits per heavy atom. The standard InChI is InChI=1S/C53H81N3O35/c1-16-2-4-18(5-3-16)77-7-6-17-8-56(55-54-17)9-19-40-26(63)33(70)47(78-19)86-41-20(10-57)80-49(35(72)28(41)65)88-43-22(12-59)82-51(37(74)30(43)67)90-45-24(14-61)84-53(39(76)32(45)69)91-46-25(15-62)83-52(38(75)31(46)68)89-44-23(13-60)81-50(36(73)29(44)66)87-42-21(11-58)79-48(85-40)34(71)27(42)64/h2-5,8,19-53,57-76H,6-7,9-15H2,1H3/t19-,20-,21-,22-,23-,24-,25-,26-,27-,28-,29-,30-,31-,32-,33-,34-,35-,36-,37-,38-,39-,40-,41-,42-,43-,44-,45-,46-,47-,48-,49-,50-,51-,52-,53-/m1/s1. The third kappa shape index (κ3) is 14.7. The smallest absolute Gasteiger partial charge is 0.187 e. The minimum absolute atomic E-state index is 0.148. The number of aromatic nitrogens is 3. The molecule has 2 aromatic rings. The highest BCUT2D eigenvalue weighted by molar-refractivity contribution is 5.26. The van der Waals surface area contributed by atoms with Crippen molar-refractivity contribution in [1.29, 1.82) is 0 Å². The van der Waals surface area contributed by atoms with Crippen LogP contribution in [0.4, 0.5) is 0 Å². The first-order valence-electron chi connectivity index (χ1n) is 29.5. The summed E-state index contributed by atoms with van der Waals surface area (Å²) in [6.07, 6.45) is -68.8. The fraction of sp³-hybridized carbons (Fsp3) is 0.849. The first kappa shape index (κ1) is 70.6. The van der Waals surface area contributed by atoms with E-state index in [4.69, 9.17) is 71.1 Å². The van der Waals surface area contributed by atoms with Gasteiger partial charge in [0.15, 0.2) is 44.0 Å². The van der Waals surface area contributed by atoms with Gasteiger partial charge in [0.05, 0.1) is 58.5 Å². The minimum atomic E-state index is -2.23. The predicted octanol–water partition coefficient (Wildman–Crippen LogP) is -13.0.